The number of nitrogens with zero attached hydrogens (tertiary/aromatic N) is 2. The van der Waals surface area contributed by atoms with Crippen molar-refractivity contribution >= 4 is 88.7 Å². The highest BCUT2D eigenvalue weighted by molar-refractivity contribution is 5.99. The Morgan fingerprint density at radius 2 is 0.796 bits per heavy atom. The average Bonchev–Trinajstić information content (AvgIpc) is 0.887. The molecule has 13 amide bonds. The van der Waals surface area contributed by atoms with Crippen LogP contribution >= 0.6 is 0 Å². The van der Waals surface area contributed by atoms with E-state index in [9.17, 15) is 72.5 Å². The molecule has 2 aromatic carbocycles. The Morgan fingerprint density at radius 3 is 1.27 bits per heavy atom. The third-order valence-electron chi connectivity index (χ3n) is 14.6. The monoisotopic (exact) mass is 1380 g/mol. The number of benzene rings is 2. The van der Waals surface area contributed by atoms with Gasteiger partial charge in [0, 0.05) is 19.5 Å². The van der Waals surface area contributed by atoms with Crippen molar-refractivity contribution in [2.75, 3.05) is 52.4 Å². The molecule has 0 spiro atoms. The van der Waals surface area contributed by atoms with E-state index in [-0.39, 0.29) is 89.3 Å². The summed E-state index contributed by atoms with van der Waals surface area (Å²) in [4.78, 5) is 181. The summed E-state index contributed by atoms with van der Waals surface area (Å²) < 4.78 is 0. The molecule has 2 aromatic rings. The van der Waals surface area contributed by atoms with Gasteiger partial charge in [-0.2, -0.15) is 0 Å². The van der Waals surface area contributed by atoms with Crippen LogP contribution in [0.4, 0.5) is 0 Å². The summed E-state index contributed by atoms with van der Waals surface area (Å²) >= 11 is 0. The summed E-state index contributed by atoms with van der Waals surface area (Å²) in [5, 5.41) is 50.1. The van der Waals surface area contributed by atoms with Crippen LogP contribution in [-0.4, -0.2) is 218 Å². The van der Waals surface area contributed by atoms with Crippen LogP contribution < -0.4 is 110 Å². The van der Waals surface area contributed by atoms with Gasteiger partial charge in [-0.05, 0) is 116 Å². The number of hydrogen-bond acceptors (Lipinski definition) is 20. The number of nitrogens with one attached hydrogen (secondary N) is 12. The van der Waals surface area contributed by atoms with Crippen LogP contribution in [0.1, 0.15) is 96.1 Å². The van der Waals surface area contributed by atoms with Crippen LogP contribution in [0, 0.1) is 0 Å². The van der Waals surface area contributed by atoms with E-state index in [0.717, 1.165) is 5.56 Å². The van der Waals surface area contributed by atoms with Gasteiger partial charge in [0.05, 0.1) is 38.4 Å². The van der Waals surface area contributed by atoms with E-state index in [1.54, 1.807) is 60.7 Å². The Kier molecular flexibility index (Phi) is 39.5. The second-order valence-electron chi connectivity index (χ2n) is 22.9. The number of aliphatic imine (C=N–C) groups is 2. The Morgan fingerprint density at radius 1 is 0.408 bits per heavy atom. The highest BCUT2D eigenvalue weighted by Gasteiger charge is 2.34. The lowest BCUT2D eigenvalue weighted by Crippen LogP contribution is -2.60. The van der Waals surface area contributed by atoms with Gasteiger partial charge in [0.2, 0.25) is 76.8 Å². The van der Waals surface area contributed by atoms with Gasteiger partial charge in [-0.15, -0.1) is 0 Å². The van der Waals surface area contributed by atoms with E-state index in [1.165, 1.54) is 20.8 Å². The van der Waals surface area contributed by atoms with Crippen molar-refractivity contribution in [1.82, 2.24) is 63.8 Å². The Balaban J connectivity index is 2.18. The van der Waals surface area contributed by atoms with E-state index in [0.29, 0.717) is 31.4 Å². The molecule has 0 aromatic heterocycles. The molecule has 37 nitrogen and oxygen atoms in total. The number of primary amides is 1. The van der Waals surface area contributed by atoms with Gasteiger partial charge in [-0.1, -0.05) is 60.7 Å². The Bertz CT molecular complexity index is 2990. The average molecular weight is 1380 g/mol. The van der Waals surface area contributed by atoms with Gasteiger partial charge in [-0.25, -0.2) is 0 Å². The first-order valence-electron chi connectivity index (χ1n) is 32.0. The zero-order chi connectivity index (χ0) is 73.3. The number of unbranched alkanes of at least 4 members (excludes halogenated alkanes) is 2. The lowest BCUT2D eigenvalue weighted by Gasteiger charge is -2.26. The predicted octanol–water partition coefficient (Wildman–Crippen LogP) is -9.23. The molecule has 0 aliphatic heterocycles. The van der Waals surface area contributed by atoms with Gasteiger partial charge in [0.15, 0.2) is 11.9 Å². The number of rotatable bonds is 47. The molecular formula is C61H100N22O15. The third kappa shape index (κ3) is 34.0. The fourth-order valence-electron chi connectivity index (χ4n) is 9.17. The SMILES string of the molecule is C[C@H](NC(=O)CNC(=O)[C@@H](NC(=O)[C@@H](Cc1ccccc1)NC(=O)CNC(=O)CNC(=O)[C@@H](N)Cc1ccccc1)[C@@H](C)O)C(=O)N[C@@H](CCCN=C(N)N)C(=O)N[C@@H](CCCCN)C(=O)N[C@@H](CO)C(=O)N[C@@H](C)C(=O)N[C@@H](CCCN=C(N)N)C(=O)N[C@@H](CCCCN)C(N)=O. The predicted molar refractivity (Wildman–Crippen MR) is 360 cm³/mol. The largest absolute Gasteiger partial charge is 0.394 e. The molecule has 0 unspecified atom stereocenters. The molecule has 0 heterocycles. The van der Waals surface area contributed by atoms with Gasteiger partial charge in [-0.3, -0.25) is 72.3 Å². The molecule has 11 atom stereocenters. The van der Waals surface area contributed by atoms with Crippen molar-refractivity contribution in [3.05, 3.63) is 71.8 Å². The van der Waals surface area contributed by atoms with Crippen molar-refractivity contribution < 1.29 is 72.5 Å². The second-order valence-corrected chi connectivity index (χ2v) is 22.9. The molecule has 30 N–H and O–H groups in total. The standard InChI is InChI=1S/C61H100N22O15/c1-34(75-47(87)32-74-59(98)49(36(3)85)83-57(96)44(29-38-18-8-5-9-19-38)77-48(88)31-72-46(86)30-73-53(92)39(64)28-37-16-6-4-7-17-37)51(90)79-43(23-15-27-71-61(68)69)55(94)81-41(21-11-13-25-63)56(95)82-45(33-84)58(97)76-35(2)52(91)80-42(22-14-26-70-60(66)67)54(93)78-40(50(65)89)20-10-12-24-62/h4-9,16-19,34-36,39-45,49,84-85H,10-15,20-33,62-64H2,1-3H3,(H2,65,89)(H,72,86)(H,73,92)(H,74,98)(H,75,87)(H,76,97)(H,77,88)(H,78,93)(H,79,90)(H,80,91)(H,81,94)(H,82,95)(H,83,96)(H4,66,67,70)(H4,68,69,71)/t34-,35-,36+,39-,40-,41-,42-,43-,44+,45-,49-/m0/s1. The summed E-state index contributed by atoms with van der Waals surface area (Å²) in [6, 6.07) is 3.43. The molecule has 37 heteroatoms. The van der Waals surface area contributed by atoms with Crippen molar-refractivity contribution in [3.8, 4) is 0 Å². The first-order chi connectivity index (χ1) is 46.5. The van der Waals surface area contributed by atoms with Crippen molar-refractivity contribution in [2.45, 2.75) is 164 Å². The maximum Gasteiger partial charge on any atom is 0.245 e. The molecule has 0 aliphatic carbocycles. The van der Waals surface area contributed by atoms with Crippen LogP contribution in [0.3, 0.4) is 0 Å². The first kappa shape index (κ1) is 84.0. The smallest absolute Gasteiger partial charge is 0.245 e. The highest BCUT2D eigenvalue weighted by atomic mass is 16.3. The van der Waals surface area contributed by atoms with Crippen LogP contribution in [-0.2, 0) is 75.2 Å². The van der Waals surface area contributed by atoms with Crippen LogP contribution in [0.15, 0.2) is 70.6 Å². The fraction of sp³-hybridized carbons (Fsp3) is 0.557. The number of amides is 13. The number of carbonyl (C=O) groups excluding carboxylic acids is 13. The summed E-state index contributed by atoms with van der Waals surface area (Å²) in [6.07, 6.45) is 0.241. The summed E-state index contributed by atoms with van der Waals surface area (Å²) in [5.74, 6) is -12.1. The molecule has 0 saturated carbocycles. The van der Waals surface area contributed by atoms with E-state index < -0.39 is 170 Å². The Hall–Kier alpha value is -10.1. The number of hydrogen-bond donors (Lipinski definition) is 22. The highest BCUT2D eigenvalue weighted by Crippen LogP contribution is 2.10. The maximum absolute atomic E-state index is 14.1. The van der Waals surface area contributed by atoms with E-state index in [1.807, 2.05) is 0 Å². The molecular weight excluding hydrogens is 1280 g/mol. The molecule has 0 saturated heterocycles. The van der Waals surface area contributed by atoms with Crippen LogP contribution in [0.5, 0.6) is 0 Å². The van der Waals surface area contributed by atoms with E-state index >= 15 is 0 Å². The number of nitrogens with two attached hydrogens (primary N) is 8. The third-order valence-corrected chi connectivity index (χ3v) is 14.6. The minimum Gasteiger partial charge on any atom is -0.394 e. The van der Waals surface area contributed by atoms with Gasteiger partial charge in [0.1, 0.15) is 54.4 Å². The maximum atomic E-state index is 14.1. The Labute approximate surface area is 567 Å². The molecule has 0 aliphatic rings. The summed E-state index contributed by atoms with van der Waals surface area (Å²) in [7, 11) is 0. The second kappa shape index (κ2) is 46.1. The van der Waals surface area contributed by atoms with Gasteiger partial charge >= 0.3 is 0 Å². The number of guanidine groups is 2. The zero-order valence-electron chi connectivity index (χ0n) is 55.5. The lowest BCUT2D eigenvalue weighted by molar-refractivity contribution is -0.136. The molecule has 0 fully saturated rings. The quantitative estimate of drug-likeness (QED) is 0.0166. The number of carbonyl (C=O) groups is 13. The van der Waals surface area contributed by atoms with E-state index in [2.05, 4.69) is 73.8 Å². The first-order valence-corrected chi connectivity index (χ1v) is 32.0. The molecule has 0 radical (unpaired) electrons. The van der Waals surface area contributed by atoms with E-state index in [4.69, 9.17) is 45.9 Å². The molecule has 2 rings (SSSR count). The molecule has 0 bridgehead atoms. The van der Waals surface area contributed by atoms with Crippen LogP contribution in [0.25, 0.3) is 0 Å². The van der Waals surface area contributed by atoms with Crippen molar-refractivity contribution in [2.24, 2.45) is 55.9 Å². The van der Waals surface area contributed by atoms with Crippen molar-refractivity contribution in [3.63, 3.8) is 0 Å². The zero-order valence-corrected chi connectivity index (χ0v) is 55.5. The minimum atomic E-state index is -1.73. The normalized spacial score (nSPS) is 14.2. The van der Waals surface area contributed by atoms with Crippen LogP contribution in [0.2, 0.25) is 0 Å². The topological polar surface area (TPSA) is 640 Å². The fourth-order valence-corrected chi connectivity index (χ4v) is 9.17. The molecule has 98 heavy (non-hydrogen) atoms. The number of aliphatic hydroxyl groups excluding tert-OH is 2. The summed E-state index contributed by atoms with van der Waals surface area (Å²) in [6.45, 7) is 1.22. The number of aliphatic hydroxyl groups is 2. The van der Waals surface area contributed by atoms with Crippen molar-refractivity contribution in [1.29, 1.82) is 0 Å². The molecule has 544 valence electrons. The van der Waals surface area contributed by atoms with Gasteiger partial charge in [0.25, 0.3) is 0 Å². The summed E-state index contributed by atoms with van der Waals surface area (Å²) in [5.41, 5.74) is 46.0. The minimum absolute atomic E-state index is 0.0249. The van der Waals surface area contributed by atoms with Gasteiger partial charge < -0.3 is 120 Å². The lowest BCUT2D eigenvalue weighted by atomic mass is 10.0.